The number of amides is 1. The van der Waals surface area contributed by atoms with Crippen LogP contribution in [-0.2, 0) is 4.74 Å². The van der Waals surface area contributed by atoms with Crippen molar-refractivity contribution in [2.75, 3.05) is 20.3 Å². The Morgan fingerprint density at radius 2 is 2.00 bits per heavy atom. The van der Waals surface area contributed by atoms with E-state index in [0.717, 1.165) is 22.6 Å². The molecule has 1 aromatic carbocycles. The standard InChI is InChI=1S/C20H23N3O4S/c1-13(2)26-12-4-11-21-19(24)17-10-9-16(28-17)18-22-20(27-23-18)14-5-7-15(25-3)8-6-14/h5-10,13H,4,11-12H2,1-3H3,(H,21,24). The second-order valence-electron chi connectivity index (χ2n) is 6.34. The number of aromatic nitrogens is 2. The van der Waals surface area contributed by atoms with Crippen LogP contribution >= 0.6 is 11.3 Å². The average Bonchev–Trinajstić information content (AvgIpc) is 3.37. The summed E-state index contributed by atoms with van der Waals surface area (Å²) in [5.74, 6) is 1.52. The molecular weight excluding hydrogens is 378 g/mol. The molecule has 7 nitrogen and oxygen atoms in total. The number of nitrogens with zero attached hydrogens (tertiary/aromatic N) is 2. The average molecular weight is 401 g/mol. The molecule has 3 rings (SSSR count). The summed E-state index contributed by atoms with van der Waals surface area (Å²) in [6.45, 7) is 5.18. The minimum absolute atomic E-state index is 0.111. The lowest BCUT2D eigenvalue weighted by atomic mass is 10.2. The number of thiophene rings is 1. The smallest absolute Gasteiger partial charge is 0.261 e. The summed E-state index contributed by atoms with van der Waals surface area (Å²) in [4.78, 5) is 18.1. The van der Waals surface area contributed by atoms with Gasteiger partial charge in [0.25, 0.3) is 11.8 Å². The fourth-order valence-electron chi connectivity index (χ4n) is 2.43. The van der Waals surface area contributed by atoms with Crippen LogP contribution in [-0.4, -0.2) is 42.4 Å². The molecule has 0 aliphatic heterocycles. The Labute approximate surface area is 167 Å². The minimum atomic E-state index is -0.111. The van der Waals surface area contributed by atoms with E-state index in [0.29, 0.717) is 29.7 Å². The summed E-state index contributed by atoms with van der Waals surface area (Å²) in [6, 6.07) is 11.0. The Hall–Kier alpha value is -2.71. The molecular formula is C20H23N3O4S. The lowest BCUT2D eigenvalue weighted by Crippen LogP contribution is -2.24. The number of hydrogen-bond donors (Lipinski definition) is 1. The maximum Gasteiger partial charge on any atom is 0.261 e. The van der Waals surface area contributed by atoms with Crippen LogP contribution in [0.4, 0.5) is 0 Å². The Kier molecular flexibility index (Phi) is 6.78. The number of ether oxygens (including phenoxy) is 2. The molecule has 8 heteroatoms. The summed E-state index contributed by atoms with van der Waals surface area (Å²) in [5.41, 5.74) is 0.803. The first-order valence-corrected chi connectivity index (χ1v) is 9.86. The van der Waals surface area contributed by atoms with E-state index in [4.69, 9.17) is 14.0 Å². The summed E-state index contributed by atoms with van der Waals surface area (Å²) >= 11 is 1.33. The summed E-state index contributed by atoms with van der Waals surface area (Å²) in [5, 5.41) is 6.92. The zero-order valence-corrected chi connectivity index (χ0v) is 16.9. The Bertz CT molecular complexity index is 902. The maximum absolute atomic E-state index is 12.3. The van der Waals surface area contributed by atoms with Crippen LogP contribution in [0.2, 0.25) is 0 Å². The van der Waals surface area contributed by atoms with Gasteiger partial charge in [0.1, 0.15) is 5.75 Å². The molecule has 0 unspecified atom stereocenters. The third-order valence-corrected chi connectivity index (χ3v) is 4.95. The highest BCUT2D eigenvalue weighted by molar-refractivity contribution is 7.17. The summed E-state index contributed by atoms with van der Waals surface area (Å²) in [6.07, 6.45) is 0.978. The predicted molar refractivity (Wildman–Crippen MR) is 108 cm³/mol. The van der Waals surface area contributed by atoms with Gasteiger partial charge in [-0.25, -0.2) is 0 Å². The van der Waals surface area contributed by atoms with Gasteiger partial charge in [0, 0.05) is 18.7 Å². The van der Waals surface area contributed by atoms with Crippen molar-refractivity contribution >= 4 is 17.2 Å². The van der Waals surface area contributed by atoms with Crippen molar-refractivity contribution in [3.8, 4) is 27.9 Å². The number of carbonyl (C=O) groups is 1. The van der Waals surface area contributed by atoms with Crippen molar-refractivity contribution in [3.63, 3.8) is 0 Å². The lowest BCUT2D eigenvalue weighted by Gasteiger charge is -2.07. The summed E-state index contributed by atoms with van der Waals surface area (Å²) in [7, 11) is 1.61. The third-order valence-electron chi connectivity index (χ3n) is 3.87. The van der Waals surface area contributed by atoms with E-state index in [-0.39, 0.29) is 12.0 Å². The molecule has 3 aromatic rings. The molecule has 0 aliphatic carbocycles. The Balaban J connectivity index is 1.59. The highest BCUT2D eigenvalue weighted by Gasteiger charge is 2.15. The van der Waals surface area contributed by atoms with Crippen molar-refractivity contribution in [1.82, 2.24) is 15.5 Å². The van der Waals surface area contributed by atoms with Gasteiger partial charge in [0.15, 0.2) is 0 Å². The number of carbonyl (C=O) groups excluding carboxylic acids is 1. The highest BCUT2D eigenvalue weighted by Crippen LogP contribution is 2.28. The Morgan fingerprint density at radius 3 is 2.71 bits per heavy atom. The molecule has 2 heterocycles. The first-order valence-electron chi connectivity index (χ1n) is 9.05. The topological polar surface area (TPSA) is 86.5 Å². The van der Waals surface area contributed by atoms with Crippen molar-refractivity contribution in [1.29, 1.82) is 0 Å². The Morgan fingerprint density at radius 1 is 1.21 bits per heavy atom. The molecule has 2 aromatic heterocycles. The van der Waals surface area contributed by atoms with Gasteiger partial charge >= 0.3 is 0 Å². The molecule has 148 valence electrons. The molecule has 0 radical (unpaired) electrons. The van der Waals surface area contributed by atoms with Crippen LogP contribution in [0.15, 0.2) is 40.9 Å². The van der Waals surface area contributed by atoms with Crippen LogP contribution in [0.5, 0.6) is 5.75 Å². The number of benzene rings is 1. The normalized spacial score (nSPS) is 11.0. The molecule has 0 bridgehead atoms. The molecule has 1 amide bonds. The zero-order valence-electron chi connectivity index (χ0n) is 16.1. The van der Waals surface area contributed by atoms with E-state index < -0.39 is 0 Å². The quantitative estimate of drug-likeness (QED) is 0.545. The monoisotopic (exact) mass is 401 g/mol. The fraction of sp³-hybridized carbons (Fsp3) is 0.350. The molecule has 1 N–H and O–H groups in total. The van der Waals surface area contributed by atoms with Crippen molar-refractivity contribution in [2.24, 2.45) is 0 Å². The molecule has 0 spiro atoms. The number of methoxy groups -OCH3 is 1. The van der Waals surface area contributed by atoms with Gasteiger partial charge in [-0.05, 0) is 56.7 Å². The van der Waals surface area contributed by atoms with E-state index in [1.165, 1.54) is 11.3 Å². The second kappa shape index (κ2) is 9.48. The van der Waals surface area contributed by atoms with Gasteiger partial charge in [-0.2, -0.15) is 4.98 Å². The number of nitrogens with one attached hydrogen (secondary N) is 1. The van der Waals surface area contributed by atoms with E-state index in [1.807, 2.05) is 44.2 Å². The van der Waals surface area contributed by atoms with Gasteiger partial charge in [0.2, 0.25) is 5.82 Å². The molecule has 0 saturated heterocycles. The van der Waals surface area contributed by atoms with E-state index in [1.54, 1.807) is 13.2 Å². The predicted octanol–water partition coefficient (Wildman–Crippen LogP) is 4.02. The first kappa shape index (κ1) is 20.0. The van der Waals surface area contributed by atoms with Crippen LogP contribution < -0.4 is 10.1 Å². The molecule has 0 fully saturated rings. The summed E-state index contributed by atoms with van der Waals surface area (Å²) < 4.78 is 16.0. The van der Waals surface area contributed by atoms with Gasteiger partial charge in [0.05, 0.1) is 23.0 Å². The molecule has 0 saturated carbocycles. The SMILES string of the molecule is COc1ccc(-c2nc(-c3ccc(C(=O)NCCCOC(C)C)s3)no2)cc1. The minimum Gasteiger partial charge on any atom is -0.497 e. The van der Waals surface area contributed by atoms with Crippen molar-refractivity contribution in [3.05, 3.63) is 41.3 Å². The van der Waals surface area contributed by atoms with E-state index in [2.05, 4.69) is 15.5 Å². The third kappa shape index (κ3) is 5.17. The van der Waals surface area contributed by atoms with Gasteiger partial charge in [-0.1, -0.05) is 5.16 Å². The van der Waals surface area contributed by atoms with Gasteiger partial charge in [-0.15, -0.1) is 11.3 Å². The van der Waals surface area contributed by atoms with E-state index >= 15 is 0 Å². The van der Waals surface area contributed by atoms with Crippen LogP contribution in [0.25, 0.3) is 22.2 Å². The lowest BCUT2D eigenvalue weighted by molar-refractivity contribution is 0.0757. The molecule has 0 aliphatic rings. The fourth-order valence-corrected chi connectivity index (χ4v) is 3.28. The first-order chi connectivity index (χ1) is 13.6. The number of rotatable bonds is 9. The number of hydrogen-bond acceptors (Lipinski definition) is 7. The molecule has 0 atom stereocenters. The van der Waals surface area contributed by atoms with Gasteiger partial charge < -0.3 is 19.3 Å². The van der Waals surface area contributed by atoms with Crippen LogP contribution in [0.1, 0.15) is 29.9 Å². The van der Waals surface area contributed by atoms with Crippen LogP contribution in [0.3, 0.4) is 0 Å². The van der Waals surface area contributed by atoms with Crippen LogP contribution in [0, 0.1) is 0 Å². The van der Waals surface area contributed by atoms with Gasteiger partial charge in [-0.3, -0.25) is 4.79 Å². The largest absolute Gasteiger partial charge is 0.497 e. The van der Waals surface area contributed by atoms with Crippen molar-refractivity contribution in [2.45, 2.75) is 26.4 Å². The highest BCUT2D eigenvalue weighted by atomic mass is 32.1. The van der Waals surface area contributed by atoms with E-state index in [9.17, 15) is 4.79 Å². The van der Waals surface area contributed by atoms with Crippen molar-refractivity contribution < 1.29 is 18.8 Å². The zero-order chi connectivity index (χ0) is 19.9. The molecule has 28 heavy (non-hydrogen) atoms. The maximum atomic E-state index is 12.3. The second-order valence-corrected chi connectivity index (χ2v) is 7.43.